The van der Waals surface area contributed by atoms with Crippen molar-refractivity contribution in [2.45, 2.75) is 44.6 Å². The molecule has 1 aliphatic heterocycles. The summed E-state index contributed by atoms with van der Waals surface area (Å²) < 4.78 is 0. The zero-order valence-corrected chi connectivity index (χ0v) is 12.8. The molecule has 0 radical (unpaired) electrons. The van der Waals surface area contributed by atoms with Crippen LogP contribution in [0.4, 0.5) is 4.79 Å². The number of benzene rings is 1. The van der Waals surface area contributed by atoms with E-state index in [0.717, 1.165) is 50.6 Å². The van der Waals surface area contributed by atoms with Crippen LogP contribution in [0.2, 0.25) is 0 Å². The number of likely N-dealkylation sites (tertiary alicyclic amines) is 1. The number of hydrogen-bond donors (Lipinski definition) is 2. The van der Waals surface area contributed by atoms with E-state index in [0.29, 0.717) is 6.54 Å². The van der Waals surface area contributed by atoms with Gasteiger partial charge in [0.05, 0.1) is 0 Å². The Morgan fingerprint density at radius 3 is 2.91 bits per heavy atom. The number of hydrogen-bond acceptors (Lipinski definition) is 2. The Kier molecular flexibility index (Phi) is 4.32. The van der Waals surface area contributed by atoms with Gasteiger partial charge in [-0.25, -0.2) is 4.79 Å². The van der Waals surface area contributed by atoms with Crippen LogP contribution in [0.1, 0.15) is 47.2 Å². The van der Waals surface area contributed by atoms with E-state index in [-0.39, 0.29) is 11.9 Å². The molecule has 0 unspecified atom stereocenters. The Morgan fingerprint density at radius 2 is 2.09 bits per heavy atom. The van der Waals surface area contributed by atoms with E-state index in [9.17, 15) is 9.59 Å². The number of urea groups is 1. The lowest BCUT2D eigenvalue weighted by atomic mass is 9.97. The molecule has 0 spiro atoms. The summed E-state index contributed by atoms with van der Waals surface area (Å²) in [6.45, 7) is 1.20. The topological polar surface area (TPSA) is 75.4 Å². The Morgan fingerprint density at radius 1 is 1.23 bits per heavy atom. The van der Waals surface area contributed by atoms with E-state index in [4.69, 9.17) is 5.73 Å². The molecule has 1 saturated heterocycles. The molecule has 1 heterocycles. The number of nitrogens with two attached hydrogens (primary N) is 1. The minimum absolute atomic E-state index is 0.0472. The van der Waals surface area contributed by atoms with Crippen LogP contribution in [0, 0.1) is 0 Å². The Hall–Kier alpha value is -2.04. The van der Waals surface area contributed by atoms with Gasteiger partial charge in [-0.1, -0.05) is 12.1 Å². The minimum atomic E-state index is -0.529. The fourth-order valence-electron chi connectivity index (χ4n) is 3.67. The third kappa shape index (κ3) is 2.93. The molecule has 3 rings (SSSR count). The van der Waals surface area contributed by atoms with Crippen molar-refractivity contribution in [2.75, 3.05) is 13.1 Å². The third-order valence-corrected chi connectivity index (χ3v) is 4.78. The highest BCUT2D eigenvalue weighted by Crippen LogP contribution is 2.28. The maximum Gasteiger partial charge on any atom is 0.312 e. The Labute approximate surface area is 130 Å². The van der Waals surface area contributed by atoms with Crippen LogP contribution >= 0.6 is 0 Å². The number of fused-ring (bicyclic) bond motifs is 1. The Bertz CT molecular complexity index is 585. The summed E-state index contributed by atoms with van der Waals surface area (Å²) in [5.41, 5.74) is 8.55. The summed E-state index contributed by atoms with van der Waals surface area (Å²) in [6, 6.07) is 5.57. The van der Waals surface area contributed by atoms with Crippen molar-refractivity contribution in [3.8, 4) is 0 Å². The number of primary amides is 1. The van der Waals surface area contributed by atoms with Gasteiger partial charge in [0.2, 0.25) is 0 Å². The van der Waals surface area contributed by atoms with Crippen molar-refractivity contribution in [1.82, 2.24) is 10.2 Å². The number of rotatable bonds is 3. The minimum Gasteiger partial charge on any atom is -0.352 e. The molecule has 3 amide bonds. The molecule has 22 heavy (non-hydrogen) atoms. The summed E-state index contributed by atoms with van der Waals surface area (Å²) in [5.74, 6) is 0.106. The van der Waals surface area contributed by atoms with Crippen molar-refractivity contribution < 1.29 is 9.59 Å². The summed E-state index contributed by atoms with van der Waals surface area (Å²) in [5, 5.41) is 2.65. The largest absolute Gasteiger partial charge is 0.352 e. The number of nitrogens with zero attached hydrogens (tertiary/aromatic N) is 1. The number of piperidine rings is 1. The predicted molar refractivity (Wildman–Crippen MR) is 84.7 cm³/mol. The molecule has 1 aromatic rings. The summed E-state index contributed by atoms with van der Waals surface area (Å²) >= 11 is 0. The second kappa shape index (κ2) is 6.38. The van der Waals surface area contributed by atoms with Gasteiger partial charge in [0.1, 0.15) is 0 Å². The molecule has 118 valence electrons. The van der Waals surface area contributed by atoms with Gasteiger partial charge in [0.25, 0.3) is 5.91 Å². The lowest BCUT2D eigenvalue weighted by Gasteiger charge is -2.36. The van der Waals surface area contributed by atoms with Gasteiger partial charge in [0.15, 0.2) is 0 Å². The SMILES string of the molecule is NC(=O)NC[C@H]1CCCCN1C(=O)c1cccc2c1CCC2. The smallest absolute Gasteiger partial charge is 0.312 e. The molecule has 0 aromatic heterocycles. The molecule has 5 nitrogen and oxygen atoms in total. The van der Waals surface area contributed by atoms with Gasteiger partial charge in [-0.3, -0.25) is 4.79 Å². The second-order valence-electron chi connectivity index (χ2n) is 6.19. The molecule has 2 aliphatic rings. The first-order valence-electron chi connectivity index (χ1n) is 8.12. The van der Waals surface area contributed by atoms with Gasteiger partial charge in [0, 0.05) is 24.7 Å². The van der Waals surface area contributed by atoms with E-state index in [2.05, 4.69) is 11.4 Å². The van der Waals surface area contributed by atoms with Gasteiger partial charge >= 0.3 is 6.03 Å². The highest BCUT2D eigenvalue weighted by atomic mass is 16.2. The first-order chi connectivity index (χ1) is 10.7. The number of amides is 3. The first kappa shape index (κ1) is 14.9. The van der Waals surface area contributed by atoms with Crippen molar-refractivity contribution in [3.63, 3.8) is 0 Å². The molecule has 0 bridgehead atoms. The standard InChI is InChI=1S/C17H23N3O2/c18-17(22)19-11-13-7-1-2-10-20(13)16(21)15-9-4-6-12-5-3-8-14(12)15/h4,6,9,13H,1-3,5,7-8,10-11H2,(H3,18,19,22)/t13-/m1/s1. The molecular weight excluding hydrogens is 278 g/mol. The van der Waals surface area contributed by atoms with Crippen LogP contribution in [-0.4, -0.2) is 36.0 Å². The average molecular weight is 301 g/mol. The summed E-state index contributed by atoms with van der Waals surface area (Å²) in [4.78, 5) is 25.9. The average Bonchev–Trinajstić information content (AvgIpc) is 3.01. The molecule has 3 N–H and O–H groups in total. The van der Waals surface area contributed by atoms with E-state index in [1.807, 2.05) is 17.0 Å². The maximum atomic E-state index is 13.0. The fraction of sp³-hybridized carbons (Fsp3) is 0.529. The molecule has 5 heteroatoms. The number of carbonyl (C=O) groups excluding carboxylic acids is 2. The van der Waals surface area contributed by atoms with Crippen LogP contribution in [-0.2, 0) is 12.8 Å². The quantitative estimate of drug-likeness (QED) is 0.894. The van der Waals surface area contributed by atoms with Crippen molar-refractivity contribution >= 4 is 11.9 Å². The van der Waals surface area contributed by atoms with Crippen molar-refractivity contribution in [3.05, 3.63) is 34.9 Å². The monoisotopic (exact) mass is 301 g/mol. The lowest BCUT2D eigenvalue weighted by molar-refractivity contribution is 0.0614. The molecule has 0 saturated carbocycles. The molecule has 1 aliphatic carbocycles. The zero-order valence-electron chi connectivity index (χ0n) is 12.8. The maximum absolute atomic E-state index is 13.0. The molecule has 1 atom stereocenters. The van der Waals surface area contributed by atoms with Gasteiger partial charge in [-0.15, -0.1) is 0 Å². The highest BCUT2D eigenvalue weighted by Gasteiger charge is 2.29. The van der Waals surface area contributed by atoms with Crippen molar-refractivity contribution in [2.24, 2.45) is 5.73 Å². The van der Waals surface area contributed by atoms with Crippen LogP contribution < -0.4 is 11.1 Å². The van der Waals surface area contributed by atoms with Crippen LogP contribution in [0.3, 0.4) is 0 Å². The predicted octanol–water partition coefficient (Wildman–Crippen LogP) is 1.84. The fourth-order valence-corrected chi connectivity index (χ4v) is 3.67. The van der Waals surface area contributed by atoms with E-state index >= 15 is 0 Å². The highest BCUT2D eigenvalue weighted by molar-refractivity contribution is 5.96. The summed E-state index contributed by atoms with van der Waals surface area (Å²) in [7, 11) is 0. The lowest BCUT2D eigenvalue weighted by Crippen LogP contribution is -2.50. The van der Waals surface area contributed by atoms with Crippen LogP contribution in [0.15, 0.2) is 18.2 Å². The number of carbonyl (C=O) groups is 2. The Balaban J connectivity index is 1.80. The molecule has 1 aromatic carbocycles. The van der Waals surface area contributed by atoms with Crippen molar-refractivity contribution in [1.29, 1.82) is 0 Å². The number of nitrogens with one attached hydrogen (secondary N) is 1. The molecule has 1 fully saturated rings. The van der Waals surface area contributed by atoms with E-state index in [1.54, 1.807) is 0 Å². The first-order valence-corrected chi connectivity index (χ1v) is 8.12. The third-order valence-electron chi connectivity index (χ3n) is 4.78. The van der Waals surface area contributed by atoms with Crippen LogP contribution in [0.25, 0.3) is 0 Å². The van der Waals surface area contributed by atoms with Gasteiger partial charge in [-0.05, 0) is 55.7 Å². The normalized spacial score (nSPS) is 20.5. The molecular formula is C17H23N3O2. The van der Waals surface area contributed by atoms with E-state index < -0.39 is 6.03 Å². The van der Waals surface area contributed by atoms with Gasteiger partial charge < -0.3 is 16.0 Å². The van der Waals surface area contributed by atoms with Crippen LogP contribution in [0.5, 0.6) is 0 Å². The second-order valence-corrected chi connectivity index (χ2v) is 6.19. The number of aryl methyl sites for hydroxylation is 1. The van der Waals surface area contributed by atoms with E-state index in [1.165, 1.54) is 11.1 Å². The van der Waals surface area contributed by atoms with Gasteiger partial charge in [-0.2, -0.15) is 0 Å². The zero-order chi connectivity index (χ0) is 15.5. The summed E-state index contributed by atoms with van der Waals surface area (Å²) in [6.07, 6.45) is 6.22.